The number of primary amides is 1. The standard InChI is InChI=1S/C19H20N4O/c1-11(2)14-8-13(9-16-18(14)23-19(21)22-16)15(10-17(20)24)12-6-4-3-5-7-12/h3-11H,1-2H3,(H2,20,24)(H3,21,22,23). The fourth-order valence-electron chi connectivity index (χ4n) is 2.85. The van der Waals surface area contributed by atoms with Crippen molar-refractivity contribution in [3.63, 3.8) is 0 Å². The Labute approximate surface area is 140 Å². The third kappa shape index (κ3) is 3.01. The third-order valence-corrected chi connectivity index (χ3v) is 3.94. The van der Waals surface area contributed by atoms with Crippen LogP contribution in [0.1, 0.15) is 36.5 Å². The number of aromatic amines is 1. The monoisotopic (exact) mass is 320 g/mol. The number of carbonyl (C=O) groups excluding carboxylic acids is 1. The minimum atomic E-state index is -0.482. The average molecular weight is 320 g/mol. The van der Waals surface area contributed by atoms with Crippen LogP contribution in [0.15, 0.2) is 48.5 Å². The van der Waals surface area contributed by atoms with Crippen molar-refractivity contribution in [1.29, 1.82) is 0 Å². The van der Waals surface area contributed by atoms with E-state index >= 15 is 0 Å². The molecule has 2 aromatic carbocycles. The summed E-state index contributed by atoms with van der Waals surface area (Å²) in [4.78, 5) is 19.0. The zero-order valence-corrected chi connectivity index (χ0v) is 13.7. The Morgan fingerprint density at radius 3 is 2.50 bits per heavy atom. The normalized spacial score (nSPS) is 12.0. The molecule has 1 amide bonds. The molecule has 0 aliphatic rings. The van der Waals surface area contributed by atoms with Gasteiger partial charge in [0.15, 0.2) is 5.95 Å². The Hall–Kier alpha value is -3.08. The molecule has 122 valence electrons. The highest BCUT2D eigenvalue weighted by molar-refractivity contribution is 5.99. The number of fused-ring (bicyclic) bond motifs is 1. The maximum Gasteiger partial charge on any atom is 0.242 e. The Kier molecular flexibility index (Phi) is 4.08. The summed E-state index contributed by atoms with van der Waals surface area (Å²) < 4.78 is 0. The largest absolute Gasteiger partial charge is 0.369 e. The Morgan fingerprint density at radius 1 is 1.17 bits per heavy atom. The lowest BCUT2D eigenvalue weighted by molar-refractivity contribution is -0.113. The number of aromatic nitrogens is 2. The quantitative estimate of drug-likeness (QED) is 0.644. The zero-order chi connectivity index (χ0) is 17.3. The number of hydrogen-bond acceptors (Lipinski definition) is 3. The number of carbonyl (C=O) groups is 1. The summed E-state index contributed by atoms with van der Waals surface area (Å²) in [5.74, 6) is 0.161. The van der Waals surface area contributed by atoms with Crippen LogP contribution in [-0.2, 0) is 4.79 Å². The number of anilines is 1. The second-order valence-corrected chi connectivity index (χ2v) is 6.06. The number of nitrogens with zero attached hydrogens (tertiary/aromatic N) is 1. The molecule has 3 aromatic rings. The van der Waals surface area contributed by atoms with E-state index < -0.39 is 5.91 Å². The number of imidazole rings is 1. The molecule has 0 bridgehead atoms. The van der Waals surface area contributed by atoms with Gasteiger partial charge in [0, 0.05) is 6.08 Å². The molecule has 0 aliphatic heterocycles. The summed E-state index contributed by atoms with van der Waals surface area (Å²) in [6.07, 6.45) is 1.46. The summed E-state index contributed by atoms with van der Waals surface area (Å²) in [7, 11) is 0. The number of nitrogens with one attached hydrogen (secondary N) is 1. The van der Waals surface area contributed by atoms with E-state index in [2.05, 4.69) is 29.9 Å². The van der Waals surface area contributed by atoms with Gasteiger partial charge in [0.2, 0.25) is 5.91 Å². The first-order valence-corrected chi connectivity index (χ1v) is 7.81. The second-order valence-electron chi connectivity index (χ2n) is 6.06. The molecule has 0 aliphatic carbocycles. The van der Waals surface area contributed by atoms with Crippen LogP contribution in [0.5, 0.6) is 0 Å². The first-order chi connectivity index (χ1) is 11.5. The minimum absolute atomic E-state index is 0.265. The molecule has 0 unspecified atom stereocenters. The molecule has 0 saturated heterocycles. The van der Waals surface area contributed by atoms with E-state index in [1.165, 1.54) is 6.08 Å². The summed E-state index contributed by atoms with van der Waals surface area (Å²) in [5.41, 5.74) is 16.6. The van der Waals surface area contributed by atoms with Gasteiger partial charge in [-0.2, -0.15) is 0 Å². The van der Waals surface area contributed by atoms with Crippen LogP contribution in [0.25, 0.3) is 16.6 Å². The predicted molar refractivity (Wildman–Crippen MR) is 97.3 cm³/mol. The molecule has 0 saturated carbocycles. The lowest BCUT2D eigenvalue weighted by Crippen LogP contribution is -2.07. The molecule has 1 aromatic heterocycles. The number of rotatable bonds is 4. The van der Waals surface area contributed by atoms with Gasteiger partial charge in [-0.05, 0) is 40.3 Å². The zero-order valence-electron chi connectivity index (χ0n) is 13.7. The predicted octanol–water partition coefficient (Wildman–Crippen LogP) is 3.19. The molecule has 3 rings (SSSR count). The van der Waals surface area contributed by atoms with Crippen LogP contribution in [-0.4, -0.2) is 15.9 Å². The van der Waals surface area contributed by atoms with Crippen molar-refractivity contribution in [1.82, 2.24) is 9.97 Å². The Morgan fingerprint density at radius 2 is 1.88 bits per heavy atom. The SMILES string of the molecule is CC(C)c1cc(C(=CC(N)=O)c2ccccc2)cc2[nH]c(N)nc12. The summed E-state index contributed by atoms with van der Waals surface area (Å²) >= 11 is 0. The summed E-state index contributed by atoms with van der Waals surface area (Å²) in [5, 5.41) is 0. The highest BCUT2D eigenvalue weighted by atomic mass is 16.1. The van der Waals surface area contributed by atoms with Crippen molar-refractivity contribution in [2.24, 2.45) is 5.73 Å². The lowest BCUT2D eigenvalue weighted by Gasteiger charge is -2.13. The van der Waals surface area contributed by atoms with Crippen molar-refractivity contribution in [3.8, 4) is 0 Å². The molecule has 0 atom stereocenters. The molecule has 0 spiro atoms. The molecule has 0 radical (unpaired) electrons. The second kappa shape index (κ2) is 6.20. The molecular weight excluding hydrogens is 300 g/mol. The van der Waals surface area contributed by atoms with Crippen LogP contribution in [0.3, 0.4) is 0 Å². The van der Waals surface area contributed by atoms with Gasteiger partial charge in [-0.15, -0.1) is 0 Å². The first kappa shape index (κ1) is 15.8. The van der Waals surface area contributed by atoms with Crippen molar-refractivity contribution in [3.05, 3.63) is 65.2 Å². The first-order valence-electron chi connectivity index (χ1n) is 7.81. The van der Waals surface area contributed by atoms with E-state index in [-0.39, 0.29) is 5.92 Å². The fourth-order valence-corrected chi connectivity index (χ4v) is 2.85. The average Bonchev–Trinajstić information content (AvgIpc) is 2.92. The molecule has 24 heavy (non-hydrogen) atoms. The van der Waals surface area contributed by atoms with Gasteiger partial charge in [0.25, 0.3) is 0 Å². The van der Waals surface area contributed by atoms with Gasteiger partial charge < -0.3 is 16.5 Å². The van der Waals surface area contributed by atoms with Crippen LogP contribution < -0.4 is 11.5 Å². The molecule has 0 fully saturated rings. The van der Waals surface area contributed by atoms with Crippen molar-refractivity contribution in [2.75, 3.05) is 5.73 Å². The minimum Gasteiger partial charge on any atom is -0.369 e. The lowest BCUT2D eigenvalue weighted by atomic mass is 9.92. The van der Waals surface area contributed by atoms with E-state index in [9.17, 15) is 4.79 Å². The summed E-state index contributed by atoms with van der Waals surface area (Å²) in [6.45, 7) is 4.20. The Balaban J connectivity index is 2.27. The van der Waals surface area contributed by atoms with Crippen molar-refractivity contribution >= 4 is 28.5 Å². The number of nitrogen functional groups attached to an aromatic ring is 1. The van der Waals surface area contributed by atoms with Crippen LogP contribution in [0, 0.1) is 0 Å². The number of nitrogens with two attached hydrogens (primary N) is 2. The highest BCUT2D eigenvalue weighted by Crippen LogP contribution is 2.31. The topological polar surface area (TPSA) is 97.8 Å². The van der Waals surface area contributed by atoms with Crippen molar-refractivity contribution < 1.29 is 4.79 Å². The van der Waals surface area contributed by atoms with Gasteiger partial charge in [-0.25, -0.2) is 4.98 Å². The number of H-pyrrole nitrogens is 1. The maximum atomic E-state index is 11.5. The van der Waals surface area contributed by atoms with Crippen LogP contribution in [0.2, 0.25) is 0 Å². The van der Waals surface area contributed by atoms with Gasteiger partial charge in [0.05, 0.1) is 11.0 Å². The van der Waals surface area contributed by atoms with Gasteiger partial charge in [0.1, 0.15) is 0 Å². The van der Waals surface area contributed by atoms with E-state index in [4.69, 9.17) is 11.5 Å². The van der Waals surface area contributed by atoms with Gasteiger partial charge in [-0.1, -0.05) is 44.2 Å². The molecule has 5 N–H and O–H groups in total. The van der Waals surface area contributed by atoms with Crippen molar-refractivity contribution in [2.45, 2.75) is 19.8 Å². The van der Waals surface area contributed by atoms with E-state index in [1.807, 2.05) is 36.4 Å². The van der Waals surface area contributed by atoms with E-state index in [0.717, 1.165) is 33.3 Å². The third-order valence-electron chi connectivity index (χ3n) is 3.94. The number of amides is 1. The molecule has 5 heteroatoms. The summed E-state index contributed by atoms with van der Waals surface area (Å²) in [6, 6.07) is 13.7. The van der Waals surface area contributed by atoms with E-state index in [1.54, 1.807) is 0 Å². The molecular formula is C19H20N4O. The molecule has 5 nitrogen and oxygen atoms in total. The number of benzene rings is 2. The number of hydrogen-bond donors (Lipinski definition) is 3. The smallest absolute Gasteiger partial charge is 0.242 e. The van der Waals surface area contributed by atoms with Gasteiger partial charge >= 0.3 is 0 Å². The maximum absolute atomic E-state index is 11.5. The highest BCUT2D eigenvalue weighted by Gasteiger charge is 2.15. The van der Waals surface area contributed by atoms with Crippen LogP contribution in [0.4, 0.5) is 5.95 Å². The fraction of sp³-hybridized carbons (Fsp3) is 0.158. The van der Waals surface area contributed by atoms with Crippen LogP contribution >= 0.6 is 0 Å². The Bertz CT molecular complexity index is 923. The van der Waals surface area contributed by atoms with E-state index in [0.29, 0.717) is 5.95 Å². The molecule has 1 heterocycles. The van der Waals surface area contributed by atoms with Gasteiger partial charge in [-0.3, -0.25) is 4.79 Å².